The highest BCUT2D eigenvalue weighted by molar-refractivity contribution is 6.24. The van der Waals surface area contributed by atoms with Crippen molar-refractivity contribution in [2.45, 2.75) is 18.9 Å². The number of urea groups is 1. The standard InChI is InChI=1S/C22H26N4O4/c27-20(23-9-4-10-25-11-13-30-14-12-25)15-18-21(28)26(22(29)24-18)19-8-3-6-16-5-1-2-7-17(16)19/h1-3,5-8,18H,4,9-15H2,(H,23,27)(H,24,29)/t18-/m0/s1. The zero-order valence-corrected chi connectivity index (χ0v) is 16.8. The van der Waals surface area contributed by atoms with E-state index in [0.717, 1.165) is 54.9 Å². The lowest BCUT2D eigenvalue weighted by Crippen LogP contribution is -2.39. The fourth-order valence-corrected chi connectivity index (χ4v) is 3.91. The first kappa shape index (κ1) is 20.3. The van der Waals surface area contributed by atoms with Gasteiger partial charge in [-0.05, 0) is 24.4 Å². The van der Waals surface area contributed by atoms with E-state index in [1.807, 2.05) is 36.4 Å². The SMILES string of the molecule is O=C(C[C@@H]1NC(=O)N(c2cccc3ccccc23)C1=O)NCCCN1CCOCC1. The number of rotatable bonds is 7. The van der Waals surface area contributed by atoms with Gasteiger partial charge in [-0.2, -0.15) is 0 Å². The van der Waals surface area contributed by atoms with Crippen LogP contribution in [0.25, 0.3) is 10.8 Å². The molecule has 2 N–H and O–H groups in total. The number of fused-ring (bicyclic) bond motifs is 1. The largest absolute Gasteiger partial charge is 0.379 e. The van der Waals surface area contributed by atoms with Gasteiger partial charge in [-0.3, -0.25) is 14.5 Å². The van der Waals surface area contributed by atoms with Gasteiger partial charge in [0.25, 0.3) is 5.91 Å². The van der Waals surface area contributed by atoms with Crippen LogP contribution >= 0.6 is 0 Å². The second kappa shape index (κ2) is 9.23. The van der Waals surface area contributed by atoms with Crippen LogP contribution in [-0.2, 0) is 14.3 Å². The molecule has 0 radical (unpaired) electrons. The molecule has 2 aliphatic rings. The zero-order valence-electron chi connectivity index (χ0n) is 16.8. The molecule has 2 saturated heterocycles. The van der Waals surface area contributed by atoms with Gasteiger partial charge in [0.2, 0.25) is 5.91 Å². The van der Waals surface area contributed by atoms with Crippen LogP contribution in [0.4, 0.5) is 10.5 Å². The second-order valence-corrected chi connectivity index (χ2v) is 7.54. The molecule has 4 amide bonds. The highest BCUT2D eigenvalue weighted by Gasteiger charge is 2.40. The van der Waals surface area contributed by atoms with Crippen LogP contribution in [0.3, 0.4) is 0 Å². The molecule has 0 aromatic heterocycles. The molecule has 0 saturated carbocycles. The third kappa shape index (κ3) is 4.44. The minimum absolute atomic E-state index is 0.0661. The van der Waals surface area contributed by atoms with Gasteiger partial charge in [0, 0.05) is 25.0 Å². The summed E-state index contributed by atoms with van der Waals surface area (Å²) in [4.78, 5) is 41.1. The summed E-state index contributed by atoms with van der Waals surface area (Å²) in [7, 11) is 0. The Morgan fingerprint density at radius 3 is 2.70 bits per heavy atom. The van der Waals surface area contributed by atoms with E-state index >= 15 is 0 Å². The van der Waals surface area contributed by atoms with Crippen LogP contribution in [0.2, 0.25) is 0 Å². The molecule has 4 rings (SSSR count). The number of ether oxygens (including phenoxy) is 1. The summed E-state index contributed by atoms with van der Waals surface area (Å²) in [6.07, 6.45) is 0.766. The summed E-state index contributed by atoms with van der Waals surface area (Å²) in [5.41, 5.74) is 0.531. The van der Waals surface area contributed by atoms with E-state index in [4.69, 9.17) is 4.74 Å². The first-order chi connectivity index (χ1) is 14.6. The predicted molar refractivity (Wildman–Crippen MR) is 113 cm³/mol. The van der Waals surface area contributed by atoms with E-state index in [9.17, 15) is 14.4 Å². The Morgan fingerprint density at radius 1 is 1.10 bits per heavy atom. The number of benzene rings is 2. The number of imide groups is 1. The number of anilines is 1. The van der Waals surface area contributed by atoms with Crippen molar-refractivity contribution in [2.24, 2.45) is 0 Å². The molecule has 0 unspecified atom stereocenters. The molecule has 1 atom stereocenters. The van der Waals surface area contributed by atoms with Gasteiger partial charge in [-0.25, -0.2) is 9.69 Å². The third-order valence-electron chi connectivity index (χ3n) is 5.49. The van der Waals surface area contributed by atoms with Gasteiger partial charge in [-0.15, -0.1) is 0 Å². The van der Waals surface area contributed by atoms with E-state index in [1.165, 1.54) is 0 Å². The molecule has 158 valence electrons. The predicted octanol–water partition coefficient (Wildman–Crippen LogP) is 1.49. The first-order valence-electron chi connectivity index (χ1n) is 10.3. The Bertz CT molecular complexity index is 936. The van der Waals surface area contributed by atoms with E-state index < -0.39 is 18.0 Å². The summed E-state index contributed by atoms with van der Waals surface area (Å²) in [6, 6.07) is 11.7. The Morgan fingerprint density at radius 2 is 1.87 bits per heavy atom. The normalized spacial score (nSPS) is 19.9. The quantitative estimate of drug-likeness (QED) is 0.533. The Kier molecular flexibility index (Phi) is 6.25. The van der Waals surface area contributed by atoms with Crippen molar-refractivity contribution in [1.29, 1.82) is 0 Å². The van der Waals surface area contributed by atoms with Gasteiger partial charge in [0.1, 0.15) is 6.04 Å². The topological polar surface area (TPSA) is 91.0 Å². The molecule has 0 spiro atoms. The Balaban J connectivity index is 1.32. The molecule has 2 fully saturated rings. The summed E-state index contributed by atoms with van der Waals surface area (Å²) in [5.74, 6) is -0.643. The molecule has 30 heavy (non-hydrogen) atoms. The molecular weight excluding hydrogens is 384 g/mol. The average molecular weight is 410 g/mol. The number of nitrogens with one attached hydrogen (secondary N) is 2. The molecule has 0 aliphatic carbocycles. The number of hydrogen-bond donors (Lipinski definition) is 2. The first-order valence-corrected chi connectivity index (χ1v) is 10.3. The lowest BCUT2D eigenvalue weighted by atomic mass is 10.1. The number of hydrogen-bond acceptors (Lipinski definition) is 5. The lowest BCUT2D eigenvalue weighted by molar-refractivity contribution is -0.125. The molecule has 2 aromatic carbocycles. The van der Waals surface area contributed by atoms with Crippen molar-refractivity contribution in [3.8, 4) is 0 Å². The summed E-state index contributed by atoms with van der Waals surface area (Å²) < 4.78 is 5.32. The number of nitrogens with zero attached hydrogens (tertiary/aromatic N) is 2. The van der Waals surface area contributed by atoms with E-state index in [1.54, 1.807) is 6.07 Å². The second-order valence-electron chi connectivity index (χ2n) is 7.54. The molecule has 8 nitrogen and oxygen atoms in total. The fourth-order valence-electron chi connectivity index (χ4n) is 3.91. The Labute approximate surface area is 175 Å². The maximum atomic E-state index is 12.9. The smallest absolute Gasteiger partial charge is 0.329 e. The average Bonchev–Trinajstić information content (AvgIpc) is 3.04. The van der Waals surface area contributed by atoms with Crippen molar-refractivity contribution in [2.75, 3.05) is 44.3 Å². The monoisotopic (exact) mass is 410 g/mol. The molecule has 2 heterocycles. The van der Waals surface area contributed by atoms with Crippen molar-refractivity contribution >= 4 is 34.3 Å². The van der Waals surface area contributed by atoms with Crippen LogP contribution in [0.15, 0.2) is 42.5 Å². The van der Waals surface area contributed by atoms with Crippen molar-refractivity contribution in [1.82, 2.24) is 15.5 Å². The number of morpholine rings is 1. The van der Waals surface area contributed by atoms with Crippen molar-refractivity contribution in [3.05, 3.63) is 42.5 Å². The zero-order chi connectivity index (χ0) is 20.9. The highest BCUT2D eigenvalue weighted by atomic mass is 16.5. The van der Waals surface area contributed by atoms with E-state index in [-0.39, 0.29) is 12.3 Å². The van der Waals surface area contributed by atoms with Crippen LogP contribution in [0.1, 0.15) is 12.8 Å². The van der Waals surface area contributed by atoms with Crippen LogP contribution in [0, 0.1) is 0 Å². The molecular formula is C22H26N4O4. The fraction of sp³-hybridized carbons (Fsp3) is 0.409. The van der Waals surface area contributed by atoms with E-state index in [0.29, 0.717) is 12.2 Å². The summed E-state index contributed by atoms with van der Waals surface area (Å²) >= 11 is 0. The van der Waals surface area contributed by atoms with Crippen molar-refractivity contribution < 1.29 is 19.1 Å². The van der Waals surface area contributed by atoms with Gasteiger partial charge >= 0.3 is 6.03 Å². The minimum atomic E-state index is -0.851. The molecule has 8 heteroatoms. The van der Waals surface area contributed by atoms with Crippen LogP contribution in [0.5, 0.6) is 0 Å². The molecule has 0 bridgehead atoms. The maximum Gasteiger partial charge on any atom is 0.329 e. The lowest BCUT2D eigenvalue weighted by Gasteiger charge is -2.26. The Hall–Kier alpha value is -2.97. The molecule has 2 aliphatic heterocycles. The van der Waals surface area contributed by atoms with Gasteiger partial charge < -0.3 is 15.4 Å². The minimum Gasteiger partial charge on any atom is -0.379 e. The van der Waals surface area contributed by atoms with Gasteiger partial charge in [0.05, 0.1) is 25.3 Å². The summed E-state index contributed by atoms with van der Waals surface area (Å²) in [6.45, 7) is 4.78. The number of amides is 4. The molecule has 2 aromatic rings. The van der Waals surface area contributed by atoms with Crippen molar-refractivity contribution in [3.63, 3.8) is 0 Å². The third-order valence-corrected chi connectivity index (χ3v) is 5.49. The maximum absolute atomic E-state index is 12.9. The van der Waals surface area contributed by atoms with Crippen LogP contribution in [-0.4, -0.2) is 68.2 Å². The summed E-state index contributed by atoms with van der Waals surface area (Å²) in [5, 5.41) is 7.25. The highest BCUT2D eigenvalue weighted by Crippen LogP contribution is 2.29. The van der Waals surface area contributed by atoms with E-state index in [2.05, 4.69) is 15.5 Å². The number of carbonyl (C=O) groups is 3. The van der Waals surface area contributed by atoms with Gasteiger partial charge in [0.15, 0.2) is 0 Å². The van der Waals surface area contributed by atoms with Gasteiger partial charge in [-0.1, -0.05) is 36.4 Å². The number of carbonyl (C=O) groups excluding carboxylic acids is 3. The van der Waals surface area contributed by atoms with Crippen LogP contribution < -0.4 is 15.5 Å².